The van der Waals surface area contributed by atoms with E-state index in [-0.39, 0.29) is 0 Å². The van der Waals surface area contributed by atoms with Gasteiger partial charge in [0.15, 0.2) is 0 Å². The average molecular weight is 362 g/mol. The summed E-state index contributed by atoms with van der Waals surface area (Å²) in [5.74, 6) is 0. The van der Waals surface area contributed by atoms with E-state index in [9.17, 15) is 0 Å². The number of rotatable bonds is 0. The molecule has 0 aromatic heterocycles. The van der Waals surface area contributed by atoms with Gasteiger partial charge in [-0.3, -0.25) is 0 Å². The second-order valence-corrected chi connectivity index (χ2v) is 0. The molecule has 0 N–H and O–H groups in total. The zero-order chi connectivity index (χ0) is 4.00. The second kappa shape index (κ2) is 16.2. The quantitative estimate of drug-likeness (QED) is 0.611. The summed E-state index contributed by atoms with van der Waals surface area (Å²) in [4.78, 5) is 0. The fraction of sp³-hybridized carbons (Fsp3) is 0. The van der Waals surface area contributed by atoms with Crippen LogP contribution in [0.25, 0.3) is 0 Å². The molecule has 0 saturated carbocycles. The van der Waals surface area contributed by atoms with Crippen molar-refractivity contribution in [1.82, 2.24) is 0 Å². The van der Waals surface area contributed by atoms with Crippen molar-refractivity contribution in [2.45, 2.75) is 0 Å². The fourth-order valence-corrected chi connectivity index (χ4v) is 0. The van der Waals surface area contributed by atoms with Gasteiger partial charge in [-0.05, 0) is 0 Å². The second-order valence-electron chi connectivity index (χ2n) is 0. The van der Waals surface area contributed by atoms with Crippen LogP contribution in [0.4, 0.5) is 0 Å². The Labute approximate surface area is 85.5 Å². The summed E-state index contributed by atoms with van der Waals surface area (Å²) in [5.41, 5.74) is 0. The third kappa shape index (κ3) is 9.02. The minimum absolute atomic E-state index is 0.639. The summed E-state index contributed by atoms with van der Waals surface area (Å²) >= 11 is 1.83. The van der Waals surface area contributed by atoms with Gasteiger partial charge in [-0.15, -0.1) is 0 Å². The molecule has 0 aromatic carbocycles. The monoisotopic (exact) mass is 362 g/mol. The molecular weight excluding hydrogens is 362 g/mol. The van der Waals surface area contributed by atoms with Crippen LogP contribution in [-0.2, 0) is 0 Å². The van der Waals surface area contributed by atoms with E-state index in [1.807, 2.05) is 0 Å². The van der Waals surface area contributed by atoms with Gasteiger partial charge in [0.25, 0.3) is 0 Å². The van der Waals surface area contributed by atoms with Crippen molar-refractivity contribution in [1.29, 1.82) is 0 Å². The van der Waals surface area contributed by atoms with Crippen LogP contribution in [0.5, 0.6) is 0 Å². The van der Waals surface area contributed by atoms with E-state index in [0.29, 0.717) is 32.3 Å². The predicted molar refractivity (Wildman–Crippen MR) is 11.7 cm³/mol. The summed E-state index contributed by atoms with van der Waals surface area (Å²) in [6.07, 6.45) is 0. The molecular formula is Cl2EuLa. The van der Waals surface area contributed by atoms with Crippen molar-refractivity contribution < 1.29 is 77.5 Å². The van der Waals surface area contributed by atoms with Crippen molar-refractivity contribution in [3.8, 4) is 0 Å². The summed E-state index contributed by atoms with van der Waals surface area (Å²) < 4.78 is 4.69. The van der Waals surface area contributed by atoms with Crippen LogP contribution in [0.15, 0.2) is 0 Å². The number of hydrogen-bond donors (Lipinski definition) is 0. The molecule has 0 aliphatic rings. The molecule has 0 atom stereocenters. The van der Waals surface area contributed by atoms with Gasteiger partial charge in [0, 0.05) is 0 Å². The molecule has 0 aromatic rings. The molecule has 0 fully saturated rings. The minimum atomic E-state index is 0.639. The van der Waals surface area contributed by atoms with Crippen molar-refractivity contribution in [2.24, 2.45) is 0 Å². The maximum atomic E-state index is 4.81. The third-order valence-corrected chi connectivity index (χ3v) is 0. The molecule has 0 amide bonds. The molecule has 0 rings (SSSR count). The van der Waals surface area contributed by atoms with Crippen LogP contribution >= 0.6 is 10.9 Å². The van der Waals surface area contributed by atoms with Crippen LogP contribution in [0.1, 0.15) is 0 Å². The maximum absolute atomic E-state index is 4.81. The van der Waals surface area contributed by atoms with Gasteiger partial charge in [-0.25, -0.2) is 0 Å². The molecule has 0 bridgehead atoms. The van der Waals surface area contributed by atoms with Gasteiger partial charge in [0.2, 0.25) is 0 Å². The normalized spacial score (nSPS) is 2.50. The van der Waals surface area contributed by atoms with Crippen LogP contribution in [0.3, 0.4) is 0 Å². The Bertz CT molecular complexity index is 6.00. The zero-order valence-corrected chi connectivity index (χ0v) is 9.27. The Hall–Kier alpha value is 3.36. The van der Waals surface area contributed by atoms with E-state index >= 15 is 0 Å². The van der Waals surface area contributed by atoms with Gasteiger partial charge < -0.3 is 0 Å². The number of halogens is 2. The fourth-order valence-electron chi connectivity index (χ4n) is 0. The Morgan fingerprint density at radius 3 is 1.25 bits per heavy atom. The average Bonchev–Trinajstić information content (AvgIpc) is 1.50. The molecule has 0 radical (unpaired) electrons. The third-order valence-electron chi connectivity index (χ3n) is 0. The first kappa shape index (κ1) is 10.4. The molecule has 0 heterocycles. The van der Waals surface area contributed by atoms with Crippen LogP contribution in [0, 0.1) is 77.5 Å². The molecule has 4 heavy (non-hydrogen) atoms. The summed E-state index contributed by atoms with van der Waals surface area (Å²) in [6, 6.07) is 0. The van der Waals surface area contributed by atoms with E-state index < -0.39 is 0 Å². The van der Waals surface area contributed by atoms with Gasteiger partial charge in [-0.2, -0.15) is 0 Å². The first-order valence-electron chi connectivity index (χ1n) is 0.361. The van der Waals surface area contributed by atoms with Crippen molar-refractivity contribution >= 4 is 10.9 Å². The van der Waals surface area contributed by atoms with E-state index in [2.05, 4.69) is 0 Å². The molecule has 0 aliphatic carbocycles. The van der Waals surface area contributed by atoms with Crippen LogP contribution < -0.4 is 0 Å². The standard InChI is InChI=1S/2ClH.Eu.La/h2*1H;;/q;;2*+1/p-2. The van der Waals surface area contributed by atoms with E-state index in [0.717, 1.165) is 0 Å². The van der Waals surface area contributed by atoms with Crippen molar-refractivity contribution in [2.75, 3.05) is 0 Å². The van der Waals surface area contributed by atoms with E-state index in [4.69, 9.17) is 10.9 Å². The van der Waals surface area contributed by atoms with E-state index in [1.165, 1.54) is 45.2 Å². The topological polar surface area (TPSA) is 0 Å². The Morgan fingerprint density at radius 2 is 1.25 bits per heavy atom. The van der Waals surface area contributed by atoms with E-state index in [1.54, 1.807) is 0 Å². The van der Waals surface area contributed by atoms with Gasteiger partial charge >= 0.3 is 88.5 Å². The first-order valence-corrected chi connectivity index (χ1v) is 7.94. The van der Waals surface area contributed by atoms with Crippen molar-refractivity contribution in [3.05, 3.63) is 0 Å². The summed E-state index contributed by atoms with van der Waals surface area (Å²) in [5, 5.41) is 0. The number of hydrogen-bond acceptors (Lipinski definition) is 0. The van der Waals surface area contributed by atoms with Gasteiger partial charge in [-0.1, -0.05) is 0 Å². The van der Waals surface area contributed by atoms with Gasteiger partial charge in [0.05, 0.1) is 0 Å². The van der Waals surface area contributed by atoms with Crippen LogP contribution in [-0.4, -0.2) is 0 Å². The van der Waals surface area contributed by atoms with Gasteiger partial charge in [0.1, 0.15) is 0 Å². The first-order chi connectivity index (χ1) is 2.00. The summed E-state index contributed by atoms with van der Waals surface area (Å²) in [6.45, 7) is 4.81. The molecule has 24 valence electrons. The molecule has 0 nitrogen and oxygen atoms in total. The summed E-state index contributed by atoms with van der Waals surface area (Å²) in [7, 11) is 0. The molecule has 0 aliphatic heterocycles. The van der Waals surface area contributed by atoms with Crippen LogP contribution in [0.2, 0.25) is 0 Å². The Kier molecular flexibility index (Phi) is 41.9. The SMILES string of the molecule is [Cl][Eu].[Cl][La]. The predicted octanol–water partition coefficient (Wildman–Crippen LogP) is 1.38. The Balaban J connectivity index is 0. The molecule has 0 saturated heterocycles. The zero-order valence-electron chi connectivity index (χ0n) is 1.71. The molecule has 0 spiro atoms. The molecule has 4 heteroatoms. The van der Waals surface area contributed by atoms with Crippen molar-refractivity contribution in [3.63, 3.8) is 0 Å². The Morgan fingerprint density at radius 1 is 1.25 bits per heavy atom. The molecule has 0 unspecified atom stereocenters.